The van der Waals surface area contributed by atoms with Crippen LogP contribution in [0.5, 0.6) is 0 Å². The van der Waals surface area contributed by atoms with Crippen LogP contribution in [-0.4, -0.2) is 43.7 Å². The van der Waals surface area contributed by atoms with Gasteiger partial charge in [0.15, 0.2) is 0 Å². The van der Waals surface area contributed by atoms with Gasteiger partial charge in [-0.25, -0.2) is 0 Å². The van der Waals surface area contributed by atoms with Crippen LogP contribution in [-0.2, 0) is 9.53 Å². The van der Waals surface area contributed by atoms with Crippen molar-refractivity contribution in [3.05, 3.63) is 0 Å². The van der Waals surface area contributed by atoms with Crippen molar-refractivity contribution in [3.8, 4) is 0 Å². The van der Waals surface area contributed by atoms with Crippen LogP contribution in [0.3, 0.4) is 0 Å². The third-order valence-corrected chi connectivity index (χ3v) is 3.07. The lowest BCUT2D eigenvalue weighted by Gasteiger charge is -2.31. The van der Waals surface area contributed by atoms with E-state index < -0.39 is 0 Å². The Morgan fingerprint density at radius 1 is 1.38 bits per heavy atom. The Labute approximate surface area is 99.1 Å². The van der Waals surface area contributed by atoms with Crippen LogP contribution >= 0.6 is 0 Å². The number of nitrogens with zero attached hydrogens (tertiary/aromatic N) is 1. The monoisotopic (exact) mass is 230 g/mol. The van der Waals surface area contributed by atoms with Gasteiger partial charge in [0.05, 0.1) is 12.5 Å². The Balaban J connectivity index is 4.53. The molecule has 2 atom stereocenters. The van der Waals surface area contributed by atoms with E-state index >= 15 is 0 Å². The molecule has 96 valence electrons. The maximum absolute atomic E-state index is 12.2. The van der Waals surface area contributed by atoms with Gasteiger partial charge in [-0.2, -0.15) is 0 Å². The molecule has 0 aliphatic carbocycles. The van der Waals surface area contributed by atoms with Crippen molar-refractivity contribution < 1.29 is 9.53 Å². The predicted octanol–water partition coefficient (Wildman–Crippen LogP) is 1.24. The SMILES string of the molecule is CCC(CN)C(=O)N(CCOC)C(C)CC. The van der Waals surface area contributed by atoms with Crippen LogP contribution in [0.1, 0.15) is 33.6 Å². The van der Waals surface area contributed by atoms with E-state index in [2.05, 4.69) is 13.8 Å². The largest absolute Gasteiger partial charge is 0.383 e. The highest BCUT2D eigenvalue weighted by Gasteiger charge is 2.24. The summed E-state index contributed by atoms with van der Waals surface area (Å²) in [6, 6.07) is 0.253. The van der Waals surface area contributed by atoms with Gasteiger partial charge in [-0.1, -0.05) is 13.8 Å². The molecular weight excluding hydrogens is 204 g/mol. The fraction of sp³-hybridized carbons (Fsp3) is 0.917. The average Bonchev–Trinajstić information content (AvgIpc) is 2.30. The zero-order valence-corrected chi connectivity index (χ0v) is 11.0. The van der Waals surface area contributed by atoms with Crippen molar-refractivity contribution in [1.29, 1.82) is 0 Å². The number of methoxy groups -OCH3 is 1. The van der Waals surface area contributed by atoms with Crippen LogP contribution in [0.4, 0.5) is 0 Å². The standard InChI is InChI=1S/C12H26N2O2/c1-5-10(3)14(7-8-16-4)12(15)11(6-2)9-13/h10-11H,5-9,13H2,1-4H3. The minimum atomic E-state index is -0.0501. The lowest BCUT2D eigenvalue weighted by atomic mass is 10.0. The fourth-order valence-electron chi connectivity index (χ4n) is 1.63. The van der Waals surface area contributed by atoms with E-state index in [1.54, 1.807) is 7.11 Å². The van der Waals surface area contributed by atoms with E-state index in [9.17, 15) is 4.79 Å². The number of amides is 1. The summed E-state index contributed by atoms with van der Waals surface area (Å²) in [7, 11) is 1.65. The molecule has 0 aromatic carbocycles. The molecule has 0 heterocycles. The summed E-state index contributed by atoms with van der Waals surface area (Å²) in [5.41, 5.74) is 5.61. The highest BCUT2D eigenvalue weighted by Crippen LogP contribution is 2.11. The minimum Gasteiger partial charge on any atom is -0.383 e. The third kappa shape index (κ3) is 4.49. The summed E-state index contributed by atoms with van der Waals surface area (Å²) in [6.07, 6.45) is 1.76. The van der Waals surface area contributed by atoms with Crippen molar-refractivity contribution in [2.24, 2.45) is 11.7 Å². The molecule has 16 heavy (non-hydrogen) atoms. The van der Waals surface area contributed by atoms with Crippen LogP contribution in [0.25, 0.3) is 0 Å². The second-order valence-electron chi connectivity index (χ2n) is 4.12. The van der Waals surface area contributed by atoms with Crippen molar-refractivity contribution >= 4 is 5.91 Å². The Morgan fingerprint density at radius 2 is 2.00 bits per heavy atom. The van der Waals surface area contributed by atoms with Gasteiger partial charge in [-0.15, -0.1) is 0 Å². The maximum atomic E-state index is 12.2. The second kappa shape index (κ2) is 8.53. The van der Waals surface area contributed by atoms with Crippen LogP contribution in [0, 0.1) is 5.92 Å². The van der Waals surface area contributed by atoms with Crippen LogP contribution in [0.2, 0.25) is 0 Å². The van der Waals surface area contributed by atoms with E-state index in [0.29, 0.717) is 19.7 Å². The van der Waals surface area contributed by atoms with Gasteiger partial charge in [0.1, 0.15) is 0 Å². The number of carbonyl (C=O) groups is 1. The minimum absolute atomic E-state index is 0.0501. The summed E-state index contributed by atoms with van der Waals surface area (Å²) >= 11 is 0. The van der Waals surface area contributed by atoms with Gasteiger partial charge in [-0.3, -0.25) is 4.79 Å². The van der Waals surface area contributed by atoms with Crippen molar-refractivity contribution in [2.45, 2.75) is 39.7 Å². The molecule has 0 aliphatic rings. The predicted molar refractivity (Wildman–Crippen MR) is 66.2 cm³/mol. The summed E-state index contributed by atoms with van der Waals surface area (Å²) in [6.45, 7) is 7.81. The van der Waals surface area contributed by atoms with Crippen LogP contribution in [0.15, 0.2) is 0 Å². The molecule has 0 rings (SSSR count). The van der Waals surface area contributed by atoms with Gasteiger partial charge >= 0.3 is 0 Å². The normalized spacial score (nSPS) is 14.6. The number of ether oxygens (including phenoxy) is 1. The first-order valence-electron chi connectivity index (χ1n) is 6.11. The Hall–Kier alpha value is -0.610. The van der Waals surface area contributed by atoms with E-state index in [1.165, 1.54) is 0 Å². The summed E-state index contributed by atoms with van der Waals surface area (Å²) < 4.78 is 5.04. The number of hydrogen-bond donors (Lipinski definition) is 1. The smallest absolute Gasteiger partial charge is 0.227 e. The molecular formula is C12H26N2O2. The van der Waals surface area contributed by atoms with Gasteiger partial charge in [0.2, 0.25) is 5.91 Å². The molecule has 0 aliphatic heterocycles. The molecule has 4 heteroatoms. The van der Waals surface area contributed by atoms with Gasteiger partial charge in [0.25, 0.3) is 0 Å². The van der Waals surface area contributed by atoms with Gasteiger partial charge in [-0.05, 0) is 19.8 Å². The molecule has 0 saturated carbocycles. The first-order chi connectivity index (χ1) is 7.62. The highest BCUT2D eigenvalue weighted by molar-refractivity contribution is 5.79. The average molecular weight is 230 g/mol. The Bertz CT molecular complexity index is 193. The molecule has 0 aromatic heterocycles. The topological polar surface area (TPSA) is 55.6 Å². The molecule has 2 N–H and O–H groups in total. The number of rotatable bonds is 8. The van der Waals surface area contributed by atoms with Crippen LogP contribution < -0.4 is 5.73 Å². The van der Waals surface area contributed by atoms with Gasteiger partial charge in [0, 0.05) is 26.2 Å². The maximum Gasteiger partial charge on any atom is 0.227 e. The van der Waals surface area contributed by atoms with E-state index in [0.717, 1.165) is 12.8 Å². The third-order valence-electron chi connectivity index (χ3n) is 3.07. The summed E-state index contributed by atoms with van der Waals surface area (Å²) in [4.78, 5) is 14.1. The van der Waals surface area contributed by atoms with E-state index in [-0.39, 0.29) is 17.9 Å². The van der Waals surface area contributed by atoms with Gasteiger partial charge < -0.3 is 15.4 Å². The quantitative estimate of drug-likeness (QED) is 0.682. The molecule has 0 fully saturated rings. The summed E-state index contributed by atoms with van der Waals surface area (Å²) in [5.74, 6) is 0.113. The highest BCUT2D eigenvalue weighted by atomic mass is 16.5. The first-order valence-corrected chi connectivity index (χ1v) is 6.11. The number of hydrogen-bond acceptors (Lipinski definition) is 3. The van der Waals surface area contributed by atoms with E-state index in [1.807, 2.05) is 11.8 Å². The lowest BCUT2D eigenvalue weighted by molar-refractivity contribution is -0.138. The molecule has 0 saturated heterocycles. The Kier molecular flexibility index (Phi) is 8.21. The first kappa shape index (κ1) is 15.4. The van der Waals surface area contributed by atoms with E-state index in [4.69, 9.17) is 10.5 Å². The van der Waals surface area contributed by atoms with Crippen molar-refractivity contribution in [3.63, 3.8) is 0 Å². The molecule has 0 spiro atoms. The molecule has 2 unspecified atom stereocenters. The lowest BCUT2D eigenvalue weighted by Crippen LogP contribution is -2.45. The number of carbonyl (C=O) groups excluding carboxylic acids is 1. The zero-order valence-electron chi connectivity index (χ0n) is 11.0. The zero-order chi connectivity index (χ0) is 12.6. The molecule has 4 nitrogen and oxygen atoms in total. The summed E-state index contributed by atoms with van der Waals surface area (Å²) in [5, 5.41) is 0. The number of nitrogens with two attached hydrogens (primary N) is 1. The Morgan fingerprint density at radius 3 is 2.38 bits per heavy atom. The van der Waals surface area contributed by atoms with Crippen molar-refractivity contribution in [2.75, 3.05) is 26.8 Å². The fourth-order valence-corrected chi connectivity index (χ4v) is 1.63. The molecule has 0 radical (unpaired) electrons. The second-order valence-corrected chi connectivity index (χ2v) is 4.12. The molecule has 0 aromatic rings. The molecule has 0 bridgehead atoms. The van der Waals surface area contributed by atoms with Crippen molar-refractivity contribution in [1.82, 2.24) is 4.90 Å². The molecule has 1 amide bonds.